The van der Waals surface area contributed by atoms with Crippen molar-refractivity contribution in [2.75, 3.05) is 4.90 Å². The second-order valence-corrected chi connectivity index (χ2v) is 9.43. The molecule has 8 heteroatoms. The predicted molar refractivity (Wildman–Crippen MR) is 129 cm³/mol. The van der Waals surface area contributed by atoms with E-state index in [4.69, 9.17) is 4.52 Å². The second kappa shape index (κ2) is 8.22. The van der Waals surface area contributed by atoms with E-state index in [1.165, 1.54) is 34.6 Å². The van der Waals surface area contributed by atoms with Crippen molar-refractivity contribution in [3.05, 3.63) is 94.1 Å². The molecule has 0 saturated carbocycles. The zero-order valence-corrected chi connectivity index (χ0v) is 19.2. The number of nitrogens with zero attached hydrogens (tertiary/aromatic N) is 3. The van der Waals surface area contributed by atoms with Gasteiger partial charge in [0, 0.05) is 5.70 Å². The minimum Gasteiger partial charge on any atom is -0.334 e. The normalized spacial score (nSPS) is 17.8. The van der Waals surface area contributed by atoms with Gasteiger partial charge in [-0.05, 0) is 78.6 Å². The van der Waals surface area contributed by atoms with E-state index in [0.717, 1.165) is 29.8 Å². The fourth-order valence-electron chi connectivity index (χ4n) is 4.80. The Kier molecular flexibility index (Phi) is 5.03. The smallest absolute Gasteiger partial charge is 0.326 e. The molecule has 0 bridgehead atoms. The Morgan fingerprint density at radius 1 is 1.12 bits per heavy atom. The van der Waals surface area contributed by atoms with E-state index in [-0.39, 0.29) is 11.8 Å². The summed E-state index contributed by atoms with van der Waals surface area (Å²) in [6.45, 7) is 1.86. The number of aromatic nitrogens is 2. The number of urea groups is 1. The highest BCUT2D eigenvalue weighted by Gasteiger charge is 2.37. The van der Waals surface area contributed by atoms with Crippen molar-refractivity contribution in [2.24, 2.45) is 0 Å². The van der Waals surface area contributed by atoms with E-state index in [9.17, 15) is 9.18 Å². The van der Waals surface area contributed by atoms with Crippen LogP contribution >= 0.6 is 11.3 Å². The number of halogens is 1. The fraction of sp³-hybridized carbons (Fsp3) is 0.192. The number of fused-ring (bicyclic) bond motifs is 1. The summed E-state index contributed by atoms with van der Waals surface area (Å²) in [4.78, 5) is 20.5. The van der Waals surface area contributed by atoms with Gasteiger partial charge in [0.25, 0.3) is 5.89 Å². The molecule has 6 nitrogen and oxygen atoms in total. The van der Waals surface area contributed by atoms with Crippen LogP contribution in [0.1, 0.15) is 42.0 Å². The van der Waals surface area contributed by atoms with E-state index in [0.29, 0.717) is 28.5 Å². The summed E-state index contributed by atoms with van der Waals surface area (Å²) in [5.74, 6) is 0.389. The van der Waals surface area contributed by atoms with Gasteiger partial charge in [-0.25, -0.2) is 9.18 Å². The number of aryl methyl sites for hydroxylation is 2. The highest BCUT2D eigenvalue weighted by atomic mass is 32.1. The monoisotopic (exact) mass is 472 g/mol. The van der Waals surface area contributed by atoms with Crippen LogP contribution in [0.5, 0.6) is 0 Å². The first kappa shape index (κ1) is 20.8. The molecular weight excluding hydrogens is 451 g/mol. The van der Waals surface area contributed by atoms with Gasteiger partial charge >= 0.3 is 6.03 Å². The number of anilines is 1. The molecule has 34 heavy (non-hydrogen) atoms. The number of carbonyl (C=O) groups is 1. The van der Waals surface area contributed by atoms with Crippen LogP contribution in [0.25, 0.3) is 16.3 Å². The maximum absolute atomic E-state index is 14.1. The largest absolute Gasteiger partial charge is 0.334 e. The number of benzene rings is 2. The lowest BCUT2D eigenvalue weighted by Gasteiger charge is -2.35. The summed E-state index contributed by atoms with van der Waals surface area (Å²) < 4.78 is 19.8. The molecule has 1 aliphatic carbocycles. The molecule has 1 aliphatic heterocycles. The summed E-state index contributed by atoms with van der Waals surface area (Å²) in [5.41, 5.74) is 5.29. The van der Waals surface area contributed by atoms with Crippen molar-refractivity contribution in [3.63, 3.8) is 0 Å². The van der Waals surface area contributed by atoms with Crippen molar-refractivity contribution in [1.82, 2.24) is 15.5 Å². The Bertz CT molecular complexity index is 1430. The van der Waals surface area contributed by atoms with Gasteiger partial charge in [-0.3, -0.25) is 4.90 Å². The SMILES string of the molecule is CC1=C(c2nc(-c3cccs3)no2)C(c2cccc(F)c2)NC(=O)N1c1ccc2c(c1)CCC2. The Morgan fingerprint density at radius 3 is 2.82 bits per heavy atom. The number of carbonyl (C=O) groups excluding carboxylic acids is 1. The molecule has 2 aromatic heterocycles. The zero-order valence-electron chi connectivity index (χ0n) is 18.4. The lowest BCUT2D eigenvalue weighted by atomic mass is 9.94. The van der Waals surface area contributed by atoms with Gasteiger partial charge in [0.15, 0.2) is 0 Å². The summed E-state index contributed by atoms with van der Waals surface area (Å²) in [6, 6.07) is 15.3. The number of allylic oxidation sites excluding steroid dienone is 1. The number of hydrogen-bond donors (Lipinski definition) is 1. The van der Waals surface area contributed by atoms with Gasteiger partial charge in [-0.15, -0.1) is 11.3 Å². The third kappa shape index (κ3) is 3.51. The molecule has 2 aliphatic rings. The topological polar surface area (TPSA) is 71.3 Å². The molecule has 1 N–H and O–H groups in total. The standard InChI is InChI=1S/C26H21FN4O2S/c1-15-22(25-29-24(30-33-25)21-9-4-12-34-21)23(18-7-3-8-19(27)13-18)28-26(32)31(15)20-11-10-16-5-2-6-17(16)14-20/h3-4,7-14,23H,2,5-6H2,1H3,(H,28,32). The van der Waals surface area contributed by atoms with E-state index in [1.807, 2.05) is 30.5 Å². The molecule has 170 valence electrons. The molecule has 2 amide bonds. The van der Waals surface area contributed by atoms with E-state index in [1.54, 1.807) is 17.0 Å². The van der Waals surface area contributed by atoms with Crippen LogP contribution in [0, 0.1) is 5.82 Å². The highest BCUT2D eigenvalue weighted by molar-refractivity contribution is 7.13. The lowest BCUT2D eigenvalue weighted by molar-refractivity contribution is 0.244. The van der Waals surface area contributed by atoms with Gasteiger partial charge in [0.1, 0.15) is 5.82 Å². The number of rotatable bonds is 4. The van der Waals surface area contributed by atoms with Crippen LogP contribution in [0.3, 0.4) is 0 Å². The van der Waals surface area contributed by atoms with Gasteiger partial charge in [0.2, 0.25) is 5.82 Å². The average molecular weight is 473 g/mol. The van der Waals surface area contributed by atoms with Crippen molar-refractivity contribution in [1.29, 1.82) is 0 Å². The van der Waals surface area contributed by atoms with Crippen LogP contribution in [-0.4, -0.2) is 16.2 Å². The number of amides is 2. The van der Waals surface area contributed by atoms with Crippen molar-refractivity contribution in [2.45, 2.75) is 32.2 Å². The third-order valence-electron chi connectivity index (χ3n) is 6.41. The van der Waals surface area contributed by atoms with E-state index >= 15 is 0 Å². The summed E-state index contributed by atoms with van der Waals surface area (Å²) >= 11 is 1.51. The maximum atomic E-state index is 14.1. The molecule has 0 radical (unpaired) electrons. The Balaban J connectivity index is 1.50. The molecule has 0 saturated heterocycles. The van der Waals surface area contributed by atoms with Crippen LogP contribution < -0.4 is 10.2 Å². The maximum Gasteiger partial charge on any atom is 0.326 e. The highest BCUT2D eigenvalue weighted by Crippen LogP contribution is 2.40. The second-order valence-electron chi connectivity index (χ2n) is 8.48. The van der Waals surface area contributed by atoms with Gasteiger partial charge < -0.3 is 9.84 Å². The van der Waals surface area contributed by atoms with Gasteiger partial charge in [-0.2, -0.15) is 4.98 Å². The molecular formula is C26H21FN4O2S. The minimum atomic E-state index is -0.634. The number of hydrogen-bond acceptors (Lipinski definition) is 5. The fourth-order valence-corrected chi connectivity index (χ4v) is 5.45. The number of nitrogens with one attached hydrogen (secondary N) is 1. The Hall–Kier alpha value is -3.78. The first-order valence-electron chi connectivity index (χ1n) is 11.1. The van der Waals surface area contributed by atoms with Crippen LogP contribution in [-0.2, 0) is 12.8 Å². The first-order valence-corrected chi connectivity index (χ1v) is 12.0. The molecule has 0 spiro atoms. The van der Waals surface area contributed by atoms with Crippen LogP contribution in [0.15, 0.2) is 70.2 Å². The molecule has 3 heterocycles. The molecule has 1 unspecified atom stereocenters. The van der Waals surface area contributed by atoms with Crippen molar-refractivity contribution < 1.29 is 13.7 Å². The number of thiophene rings is 1. The van der Waals surface area contributed by atoms with Crippen LogP contribution in [0.2, 0.25) is 0 Å². The zero-order chi connectivity index (χ0) is 23.2. The lowest BCUT2D eigenvalue weighted by Crippen LogP contribution is -2.46. The summed E-state index contributed by atoms with van der Waals surface area (Å²) in [6.07, 6.45) is 3.20. The molecule has 0 fully saturated rings. The van der Waals surface area contributed by atoms with E-state index < -0.39 is 6.04 Å². The summed E-state index contributed by atoms with van der Waals surface area (Å²) in [5, 5.41) is 9.15. The molecule has 1 atom stereocenters. The van der Waals surface area contributed by atoms with Crippen LogP contribution in [0.4, 0.5) is 14.9 Å². The van der Waals surface area contributed by atoms with Crippen molar-refractivity contribution >= 4 is 28.6 Å². The Morgan fingerprint density at radius 2 is 2.00 bits per heavy atom. The quantitative estimate of drug-likeness (QED) is 0.388. The average Bonchev–Trinajstić information content (AvgIpc) is 3.59. The van der Waals surface area contributed by atoms with Gasteiger partial charge in [-0.1, -0.05) is 29.4 Å². The first-order chi connectivity index (χ1) is 16.6. The molecule has 4 aromatic rings. The minimum absolute atomic E-state index is 0.286. The predicted octanol–water partition coefficient (Wildman–Crippen LogP) is 6.13. The van der Waals surface area contributed by atoms with Gasteiger partial charge in [0.05, 0.1) is 22.2 Å². The van der Waals surface area contributed by atoms with E-state index in [2.05, 4.69) is 27.6 Å². The summed E-state index contributed by atoms with van der Waals surface area (Å²) in [7, 11) is 0. The molecule has 6 rings (SSSR count). The van der Waals surface area contributed by atoms with Crippen molar-refractivity contribution in [3.8, 4) is 10.7 Å². The Labute approximate surface area is 199 Å². The third-order valence-corrected chi connectivity index (χ3v) is 7.27. The molecule has 2 aromatic carbocycles.